The summed E-state index contributed by atoms with van der Waals surface area (Å²) in [7, 11) is 2.07. The van der Waals surface area contributed by atoms with Crippen LogP contribution in [0.2, 0.25) is 5.02 Å². The van der Waals surface area contributed by atoms with Crippen molar-refractivity contribution >= 4 is 11.6 Å². The van der Waals surface area contributed by atoms with Gasteiger partial charge in [0.15, 0.2) is 0 Å². The van der Waals surface area contributed by atoms with E-state index in [2.05, 4.69) is 30.6 Å². The van der Waals surface area contributed by atoms with Gasteiger partial charge in [-0.3, -0.25) is 0 Å². The van der Waals surface area contributed by atoms with Crippen molar-refractivity contribution in [2.45, 2.75) is 44.9 Å². The molecule has 1 aliphatic rings. The summed E-state index contributed by atoms with van der Waals surface area (Å²) in [5, 5.41) is 4.25. The predicted molar refractivity (Wildman–Crippen MR) is 83.8 cm³/mol. The highest BCUT2D eigenvalue weighted by atomic mass is 35.5. The lowest BCUT2D eigenvalue weighted by atomic mass is 9.82. The standard InChI is InChI=1S/C17H26ClN/c1-19-13-16(15-8-4-2-3-5-9-15)11-14-7-6-10-17(18)12-14/h6-7,10,12,15-16,19H,2-5,8-9,11,13H2,1H3. The van der Waals surface area contributed by atoms with E-state index in [0.29, 0.717) is 0 Å². The Balaban J connectivity index is 2.02. The molecule has 1 aromatic carbocycles. The van der Waals surface area contributed by atoms with Gasteiger partial charge >= 0.3 is 0 Å². The van der Waals surface area contributed by atoms with Crippen molar-refractivity contribution in [3.8, 4) is 0 Å². The summed E-state index contributed by atoms with van der Waals surface area (Å²) >= 11 is 6.10. The predicted octanol–water partition coefficient (Wildman–Crippen LogP) is 4.69. The summed E-state index contributed by atoms with van der Waals surface area (Å²) in [6.45, 7) is 1.12. The Labute approximate surface area is 122 Å². The molecule has 1 nitrogen and oxygen atoms in total. The smallest absolute Gasteiger partial charge is 0.0408 e. The number of hydrogen-bond acceptors (Lipinski definition) is 1. The van der Waals surface area contributed by atoms with Crippen molar-refractivity contribution in [1.82, 2.24) is 5.32 Å². The van der Waals surface area contributed by atoms with Crippen LogP contribution in [0.1, 0.15) is 44.1 Å². The van der Waals surface area contributed by atoms with Gasteiger partial charge in [0, 0.05) is 5.02 Å². The molecule has 0 aliphatic heterocycles. The maximum Gasteiger partial charge on any atom is 0.0408 e. The van der Waals surface area contributed by atoms with Gasteiger partial charge in [-0.1, -0.05) is 62.3 Å². The van der Waals surface area contributed by atoms with E-state index >= 15 is 0 Å². The van der Waals surface area contributed by atoms with Crippen molar-refractivity contribution in [2.75, 3.05) is 13.6 Å². The molecule has 1 unspecified atom stereocenters. The molecule has 1 atom stereocenters. The highest BCUT2D eigenvalue weighted by Gasteiger charge is 2.22. The minimum absolute atomic E-state index is 0.751. The van der Waals surface area contributed by atoms with Crippen LogP contribution in [0, 0.1) is 11.8 Å². The van der Waals surface area contributed by atoms with E-state index in [1.807, 2.05) is 6.07 Å². The SMILES string of the molecule is CNCC(Cc1cccc(Cl)c1)C1CCCCCC1. The van der Waals surface area contributed by atoms with Crippen LogP contribution in [0.3, 0.4) is 0 Å². The van der Waals surface area contributed by atoms with Gasteiger partial charge in [0.05, 0.1) is 0 Å². The van der Waals surface area contributed by atoms with Crippen LogP contribution in [-0.4, -0.2) is 13.6 Å². The molecule has 0 amide bonds. The molecule has 0 radical (unpaired) electrons. The molecule has 1 saturated carbocycles. The zero-order valence-corrected chi connectivity index (χ0v) is 12.8. The Morgan fingerprint density at radius 1 is 1.21 bits per heavy atom. The normalized spacial score (nSPS) is 19.1. The minimum Gasteiger partial charge on any atom is -0.319 e. The van der Waals surface area contributed by atoms with Crippen LogP contribution in [0.4, 0.5) is 0 Å². The van der Waals surface area contributed by atoms with Crippen molar-refractivity contribution in [3.05, 3.63) is 34.9 Å². The first-order chi connectivity index (χ1) is 9.29. The second-order valence-electron chi connectivity index (χ2n) is 5.90. The Morgan fingerprint density at radius 3 is 2.58 bits per heavy atom. The zero-order valence-electron chi connectivity index (χ0n) is 12.0. The molecule has 106 valence electrons. The third-order valence-corrected chi connectivity index (χ3v) is 4.65. The lowest BCUT2D eigenvalue weighted by molar-refractivity contribution is 0.290. The van der Waals surface area contributed by atoms with Gasteiger partial charge in [-0.15, -0.1) is 0 Å². The topological polar surface area (TPSA) is 12.0 Å². The summed E-state index contributed by atoms with van der Waals surface area (Å²) in [5.74, 6) is 1.63. The molecule has 1 N–H and O–H groups in total. The Bertz CT molecular complexity index is 369. The van der Waals surface area contributed by atoms with Gasteiger partial charge in [0.1, 0.15) is 0 Å². The molecule has 2 rings (SSSR count). The third-order valence-electron chi connectivity index (χ3n) is 4.42. The summed E-state index contributed by atoms with van der Waals surface area (Å²) < 4.78 is 0. The number of hydrogen-bond donors (Lipinski definition) is 1. The average Bonchev–Trinajstić information content (AvgIpc) is 2.67. The van der Waals surface area contributed by atoms with E-state index < -0.39 is 0 Å². The fraction of sp³-hybridized carbons (Fsp3) is 0.647. The van der Waals surface area contributed by atoms with Crippen LogP contribution in [0.5, 0.6) is 0 Å². The first-order valence-electron chi connectivity index (χ1n) is 7.68. The molecule has 0 spiro atoms. The van der Waals surface area contributed by atoms with E-state index in [-0.39, 0.29) is 0 Å². The van der Waals surface area contributed by atoms with Gasteiger partial charge in [-0.25, -0.2) is 0 Å². The maximum atomic E-state index is 6.10. The van der Waals surface area contributed by atoms with Crippen molar-refractivity contribution in [1.29, 1.82) is 0 Å². The van der Waals surface area contributed by atoms with E-state index in [4.69, 9.17) is 11.6 Å². The molecule has 1 aliphatic carbocycles. The maximum absolute atomic E-state index is 6.10. The second kappa shape index (κ2) is 7.91. The molecule has 2 heteroatoms. The number of nitrogens with one attached hydrogen (secondary N) is 1. The van der Waals surface area contributed by atoms with Crippen LogP contribution in [0.25, 0.3) is 0 Å². The quantitative estimate of drug-likeness (QED) is 0.771. The van der Waals surface area contributed by atoms with Crippen molar-refractivity contribution in [3.63, 3.8) is 0 Å². The summed E-state index contributed by atoms with van der Waals surface area (Å²) in [4.78, 5) is 0. The molecule has 19 heavy (non-hydrogen) atoms. The van der Waals surface area contributed by atoms with Crippen LogP contribution in [0.15, 0.2) is 24.3 Å². The molecule has 0 saturated heterocycles. The number of benzene rings is 1. The van der Waals surface area contributed by atoms with Crippen LogP contribution >= 0.6 is 11.6 Å². The fourth-order valence-corrected chi connectivity index (χ4v) is 3.63. The Morgan fingerprint density at radius 2 is 1.95 bits per heavy atom. The first-order valence-corrected chi connectivity index (χ1v) is 8.06. The molecule has 1 fully saturated rings. The van der Waals surface area contributed by atoms with Gasteiger partial charge in [-0.05, 0) is 49.5 Å². The van der Waals surface area contributed by atoms with Gasteiger partial charge < -0.3 is 5.32 Å². The van der Waals surface area contributed by atoms with E-state index in [9.17, 15) is 0 Å². The molecule has 1 aromatic rings. The van der Waals surface area contributed by atoms with Crippen molar-refractivity contribution in [2.24, 2.45) is 11.8 Å². The lowest BCUT2D eigenvalue weighted by Crippen LogP contribution is -2.27. The monoisotopic (exact) mass is 279 g/mol. The summed E-state index contributed by atoms with van der Waals surface area (Å²) in [5.41, 5.74) is 1.39. The minimum atomic E-state index is 0.751. The van der Waals surface area contributed by atoms with Crippen LogP contribution < -0.4 is 5.32 Å². The Kier molecular flexibility index (Phi) is 6.19. The van der Waals surface area contributed by atoms with E-state index in [1.165, 1.54) is 44.1 Å². The molecular weight excluding hydrogens is 254 g/mol. The molecule has 0 bridgehead atoms. The Hall–Kier alpha value is -0.530. The van der Waals surface area contributed by atoms with Gasteiger partial charge in [0.25, 0.3) is 0 Å². The number of halogens is 1. The van der Waals surface area contributed by atoms with E-state index in [1.54, 1.807) is 0 Å². The van der Waals surface area contributed by atoms with Gasteiger partial charge in [0.2, 0.25) is 0 Å². The highest BCUT2D eigenvalue weighted by molar-refractivity contribution is 6.30. The molecule has 0 aromatic heterocycles. The highest BCUT2D eigenvalue weighted by Crippen LogP contribution is 2.31. The first kappa shape index (κ1) is 14.9. The lowest BCUT2D eigenvalue weighted by Gasteiger charge is -2.26. The number of rotatable bonds is 5. The third kappa shape index (κ3) is 4.81. The fourth-order valence-electron chi connectivity index (χ4n) is 3.42. The summed E-state index contributed by atoms with van der Waals surface area (Å²) in [6.07, 6.45) is 9.67. The second-order valence-corrected chi connectivity index (χ2v) is 6.34. The van der Waals surface area contributed by atoms with Crippen molar-refractivity contribution < 1.29 is 0 Å². The molecule has 0 heterocycles. The van der Waals surface area contributed by atoms with Crippen LogP contribution in [-0.2, 0) is 6.42 Å². The largest absolute Gasteiger partial charge is 0.319 e. The van der Waals surface area contributed by atoms with Gasteiger partial charge in [-0.2, -0.15) is 0 Å². The molecular formula is C17H26ClN. The van der Waals surface area contributed by atoms with E-state index in [0.717, 1.165) is 29.8 Å². The average molecular weight is 280 g/mol. The summed E-state index contributed by atoms with van der Waals surface area (Å²) in [6, 6.07) is 8.37. The zero-order chi connectivity index (χ0) is 13.5.